The monoisotopic (exact) mass is 389 g/mol. The summed E-state index contributed by atoms with van der Waals surface area (Å²) >= 11 is 0.995. The molecule has 27 heavy (non-hydrogen) atoms. The van der Waals surface area contributed by atoms with Crippen molar-refractivity contribution < 1.29 is 23.5 Å². The number of amidine groups is 1. The molecule has 2 N–H and O–H groups in total. The number of hydrogen-bond donors (Lipinski definition) is 2. The predicted molar refractivity (Wildman–Crippen MR) is 98.6 cm³/mol. The van der Waals surface area contributed by atoms with E-state index in [-0.39, 0.29) is 17.2 Å². The molecule has 6 nitrogen and oxygen atoms in total. The van der Waals surface area contributed by atoms with Gasteiger partial charge in [-0.3, -0.25) is 9.59 Å². The Kier molecular flexibility index (Phi) is 5.60. The largest absolute Gasteiger partial charge is 0.481 e. The van der Waals surface area contributed by atoms with Crippen molar-refractivity contribution in [2.75, 3.05) is 0 Å². The zero-order valence-corrected chi connectivity index (χ0v) is 14.5. The molecule has 1 aliphatic rings. The van der Waals surface area contributed by atoms with E-state index in [0.29, 0.717) is 11.1 Å². The maximum atomic E-state index is 13.9. The number of thioether (sulfide) groups is 1. The van der Waals surface area contributed by atoms with Crippen molar-refractivity contribution in [3.8, 4) is 11.1 Å². The lowest BCUT2D eigenvalue weighted by molar-refractivity contribution is -0.138. The number of rotatable bonds is 5. The third kappa shape index (κ3) is 4.76. The second-order valence-corrected chi connectivity index (χ2v) is 6.78. The highest BCUT2D eigenvalue weighted by Gasteiger charge is 2.32. The Morgan fingerprint density at radius 3 is 2.81 bits per heavy atom. The van der Waals surface area contributed by atoms with Crippen LogP contribution >= 0.6 is 11.8 Å². The Morgan fingerprint density at radius 1 is 1.26 bits per heavy atom. The topological polar surface area (TPSA) is 91.1 Å². The summed E-state index contributed by atoms with van der Waals surface area (Å²) in [5.74, 6) is -2.82. The zero-order valence-electron chi connectivity index (χ0n) is 13.7. The minimum Gasteiger partial charge on any atom is -0.481 e. The van der Waals surface area contributed by atoms with Gasteiger partial charge in [-0.25, -0.2) is 8.78 Å². The van der Waals surface area contributed by atoms with Gasteiger partial charge in [0.25, 0.3) is 0 Å². The number of nitrogens with one attached hydrogen (secondary N) is 1. The van der Waals surface area contributed by atoms with Gasteiger partial charge in [0, 0.05) is 11.6 Å². The highest BCUT2D eigenvalue weighted by molar-refractivity contribution is 8.15. The summed E-state index contributed by atoms with van der Waals surface area (Å²) in [7, 11) is 0. The quantitative estimate of drug-likeness (QED) is 0.607. The number of benzene rings is 2. The van der Waals surface area contributed by atoms with Crippen LogP contribution < -0.4 is 5.32 Å². The number of carboxylic acid groups (broad SMARTS) is 1. The first kappa shape index (κ1) is 18.7. The van der Waals surface area contributed by atoms with E-state index in [1.165, 1.54) is 18.3 Å². The number of carboxylic acids is 1. The molecule has 0 aromatic heterocycles. The Bertz CT molecular complexity index is 963. The predicted octanol–water partition coefficient (Wildman–Crippen LogP) is 3.03. The van der Waals surface area contributed by atoms with Gasteiger partial charge in [0.05, 0.1) is 12.6 Å². The Hall–Kier alpha value is -3.07. The van der Waals surface area contributed by atoms with Crippen molar-refractivity contribution in [3.05, 3.63) is 59.7 Å². The average molecular weight is 389 g/mol. The number of nitrogens with zero attached hydrogens (tertiary/aromatic N) is 2. The summed E-state index contributed by atoms with van der Waals surface area (Å²) in [4.78, 5) is 22.3. The van der Waals surface area contributed by atoms with E-state index in [4.69, 9.17) is 5.11 Å². The summed E-state index contributed by atoms with van der Waals surface area (Å²) in [6.45, 7) is 0. The van der Waals surface area contributed by atoms with Gasteiger partial charge in [-0.2, -0.15) is 5.10 Å². The van der Waals surface area contributed by atoms with E-state index < -0.39 is 28.8 Å². The molecule has 0 radical (unpaired) electrons. The molecular weight excluding hydrogens is 376 g/mol. The molecule has 0 saturated carbocycles. The number of hydrogen-bond acceptors (Lipinski definition) is 5. The molecule has 1 atom stereocenters. The summed E-state index contributed by atoms with van der Waals surface area (Å²) in [6, 6.07) is 10.1. The number of amides is 1. The molecule has 1 fully saturated rings. The molecule has 0 aliphatic carbocycles. The summed E-state index contributed by atoms with van der Waals surface area (Å²) in [5.41, 5.74) is 1.43. The Morgan fingerprint density at radius 2 is 2.07 bits per heavy atom. The first-order valence-electron chi connectivity index (χ1n) is 7.78. The maximum absolute atomic E-state index is 13.9. The molecule has 3 rings (SSSR count). The first-order valence-corrected chi connectivity index (χ1v) is 8.66. The van der Waals surface area contributed by atoms with Crippen LogP contribution in [0.1, 0.15) is 12.0 Å². The van der Waals surface area contributed by atoms with Gasteiger partial charge >= 0.3 is 5.97 Å². The van der Waals surface area contributed by atoms with Crippen LogP contribution in [0.15, 0.2) is 52.7 Å². The van der Waals surface area contributed by atoms with Gasteiger partial charge < -0.3 is 10.4 Å². The van der Waals surface area contributed by atoms with Crippen LogP contribution in [0, 0.1) is 11.6 Å². The molecule has 2 aromatic carbocycles. The molecule has 0 spiro atoms. The number of aliphatic carboxylic acids is 1. The Labute approximate surface area is 157 Å². The molecule has 0 bridgehead atoms. The molecule has 1 aliphatic heterocycles. The number of carbonyl (C=O) groups excluding carboxylic acids is 1. The molecule has 1 heterocycles. The summed E-state index contributed by atoms with van der Waals surface area (Å²) in [6.07, 6.45) is 1.11. The van der Waals surface area contributed by atoms with Gasteiger partial charge in [0.2, 0.25) is 5.91 Å². The standard InChI is InChI=1S/C18H13F2N3O3S/c19-12-4-5-13(14(20)7-12)11-3-1-2-10(6-11)9-21-23-18-22-17(26)15(27-18)8-16(24)25/h1-7,9,15H,8H2,(H,24,25)(H,22,23,26). The maximum Gasteiger partial charge on any atom is 0.305 e. The van der Waals surface area contributed by atoms with Crippen molar-refractivity contribution in [2.24, 2.45) is 10.2 Å². The minimum atomic E-state index is -1.07. The van der Waals surface area contributed by atoms with Crippen LogP contribution in [0.2, 0.25) is 0 Å². The van der Waals surface area contributed by atoms with Gasteiger partial charge in [-0.15, -0.1) is 5.10 Å². The van der Waals surface area contributed by atoms with E-state index in [9.17, 15) is 18.4 Å². The Balaban J connectivity index is 1.73. The molecule has 1 unspecified atom stereocenters. The van der Waals surface area contributed by atoms with Gasteiger partial charge in [0.1, 0.15) is 16.9 Å². The van der Waals surface area contributed by atoms with E-state index >= 15 is 0 Å². The average Bonchev–Trinajstić information content (AvgIpc) is 2.94. The van der Waals surface area contributed by atoms with Crippen LogP contribution in [0.5, 0.6) is 0 Å². The third-order valence-corrected chi connectivity index (χ3v) is 4.69. The molecular formula is C18H13F2N3O3S. The van der Waals surface area contributed by atoms with Crippen LogP contribution in [0.3, 0.4) is 0 Å². The smallest absolute Gasteiger partial charge is 0.305 e. The van der Waals surface area contributed by atoms with Crippen molar-refractivity contribution in [1.82, 2.24) is 5.32 Å². The van der Waals surface area contributed by atoms with Gasteiger partial charge in [0.15, 0.2) is 5.17 Å². The van der Waals surface area contributed by atoms with E-state index in [1.54, 1.807) is 24.3 Å². The van der Waals surface area contributed by atoms with Crippen LogP contribution in [-0.4, -0.2) is 33.6 Å². The summed E-state index contributed by atoms with van der Waals surface area (Å²) in [5, 5.41) is 18.4. The minimum absolute atomic E-state index is 0.211. The van der Waals surface area contributed by atoms with Crippen molar-refractivity contribution in [1.29, 1.82) is 0 Å². The second kappa shape index (κ2) is 8.09. The van der Waals surface area contributed by atoms with Crippen LogP contribution in [-0.2, 0) is 9.59 Å². The van der Waals surface area contributed by atoms with Crippen molar-refractivity contribution >= 4 is 35.0 Å². The summed E-state index contributed by atoms with van der Waals surface area (Å²) < 4.78 is 26.9. The van der Waals surface area contributed by atoms with E-state index in [0.717, 1.165) is 17.8 Å². The van der Waals surface area contributed by atoms with Crippen molar-refractivity contribution in [3.63, 3.8) is 0 Å². The highest BCUT2D eigenvalue weighted by atomic mass is 32.2. The van der Waals surface area contributed by atoms with E-state index in [2.05, 4.69) is 15.5 Å². The highest BCUT2D eigenvalue weighted by Crippen LogP contribution is 2.24. The first-order chi connectivity index (χ1) is 12.9. The molecule has 2 aromatic rings. The lowest BCUT2D eigenvalue weighted by Gasteiger charge is -2.04. The fraction of sp³-hybridized carbons (Fsp3) is 0.111. The van der Waals surface area contributed by atoms with Crippen molar-refractivity contribution in [2.45, 2.75) is 11.7 Å². The molecule has 1 amide bonds. The van der Waals surface area contributed by atoms with Gasteiger partial charge in [-0.05, 0) is 29.3 Å². The van der Waals surface area contributed by atoms with Crippen LogP contribution in [0.4, 0.5) is 8.78 Å². The fourth-order valence-corrected chi connectivity index (χ4v) is 3.32. The molecule has 138 valence electrons. The lowest BCUT2D eigenvalue weighted by atomic mass is 10.0. The van der Waals surface area contributed by atoms with Crippen LogP contribution in [0.25, 0.3) is 11.1 Å². The second-order valence-electron chi connectivity index (χ2n) is 5.59. The van der Waals surface area contributed by atoms with Gasteiger partial charge in [-0.1, -0.05) is 30.0 Å². The SMILES string of the molecule is O=C(O)CC1SC(=NN=Cc2cccc(-c3ccc(F)cc3F)c2)NC1=O. The lowest BCUT2D eigenvalue weighted by Crippen LogP contribution is -2.26. The fourth-order valence-electron chi connectivity index (χ4n) is 2.40. The number of halogens is 2. The third-order valence-electron chi connectivity index (χ3n) is 3.62. The molecule has 1 saturated heterocycles. The zero-order chi connectivity index (χ0) is 19.4. The number of carbonyl (C=O) groups is 2. The van der Waals surface area contributed by atoms with E-state index in [1.807, 2.05) is 0 Å². The normalized spacial score (nSPS) is 18.2. The molecule has 9 heteroatoms.